The zero-order valence-corrected chi connectivity index (χ0v) is 32.5. The van der Waals surface area contributed by atoms with Gasteiger partial charge in [-0.3, -0.25) is 9.59 Å². The molecule has 0 saturated carbocycles. The first kappa shape index (κ1) is 42.3. The van der Waals surface area contributed by atoms with Crippen LogP contribution in [0.3, 0.4) is 0 Å². The molecular formula is C40H62IN5O3. The SMILES string of the molecule is CCCCCCCCCCCCC#CCCCCCCCCC(=O)NCCNC(=O)CCCn1nc(-c2ccc(OC)cc2)ccc1=NI. The molecule has 2 N–H and O–H groups in total. The lowest BCUT2D eigenvalue weighted by Crippen LogP contribution is -2.34. The fraction of sp³-hybridized carbons (Fsp3) is 0.650. The molecule has 2 aromatic rings. The normalized spacial score (nSPS) is 11.2. The number of methoxy groups -OCH3 is 1. The minimum absolute atomic E-state index is 0.0332. The molecule has 272 valence electrons. The Balaban J connectivity index is 1.41. The molecule has 0 atom stereocenters. The lowest BCUT2D eigenvalue weighted by Gasteiger charge is -2.10. The summed E-state index contributed by atoms with van der Waals surface area (Å²) in [6.45, 7) is 3.73. The monoisotopic (exact) mass is 787 g/mol. The molecule has 0 unspecified atom stereocenters. The van der Waals surface area contributed by atoms with Crippen LogP contribution in [0.4, 0.5) is 0 Å². The quantitative estimate of drug-likeness (QED) is 0.0536. The number of nitrogens with one attached hydrogen (secondary N) is 2. The van der Waals surface area contributed by atoms with Crippen LogP contribution in [0.1, 0.15) is 142 Å². The lowest BCUT2D eigenvalue weighted by atomic mass is 10.1. The molecule has 0 saturated heterocycles. The molecule has 9 heteroatoms. The van der Waals surface area contributed by atoms with Gasteiger partial charge in [0.1, 0.15) is 5.75 Å². The Morgan fingerprint density at radius 3 is 1.76 bits per heavy atom. The predicted molar refractivity (Wildman–Crippen MR) is 210 cm³/mol. The Bertz CT molecular complexity index is 1300. The van der Waals surface area contributed by atoms with Gasteiger partial charge in [-0.2, -0.15) is 8.30 Å². The van der Waals surface area contributed by atoms with Crippen molar-refractivity contribution < 1.29 is 14.3 Å². The van der Waals surface area contributed by atoms with Gasteiger partial charge in [0.05, 0.1) is 35.7 Å². The lowest BCUT2D eigenvalue weighted by molar-refractivity contribution is -0.123. The van der Waals surface area contributed by atoms with Gasteiger partial charge in [-0.15, -0.1) is 11.8 Å². The first-order valence-corrected chi connectivity index (χ1v) is 19.9. The minimum atomic E-state index is -0.0332. The average Bonchev–Trinajstić information content (AvgIpc) is 3.12. The Hall–Kier alpha value is -2.87. The number of rotatable bonds is 27. The van der Waals surface area contributed by atoms with Gasteiger partial charge in [0, 0.05) is 50.9 Å². The second-order valence-corrected chi connectivity index (χ2v) is 13.3. The van der Waals surface area contributed by atoms with E-state index in [0.717, 1.165) is 48.2 Å². The Morgan fingerprint density at radius 2 is 1.22 bits per heavy atom. The molecule has 0 spiro atoms. The fourth-order valence-corrected chi connectivity index (χ4v) is 6.07. The van der Waals surface area contributed by atoms with E-state index in [1.54, 1.807) is 7.11 Å². The number of halogens is 1. The highest BCUT2D eigenvalue weighted by atomic mass is 127. The molecule has 2 rings (SSSR count). The van der Waals surface area contributed by atoms with Crippen LogP contribution >= 0.6 is 22.9 Å². The Labute approximate surface area is 310 Å². The maximum absolute atomic E-state index is 12.4. The highest BCUT2D eigenvalue weighted by Gasteiger charge is 2.07. The number of aromatic nitrogens is 2. The highest BCUT2D eigenvalue weighted by molar-refractivity contribution is 14.1. The van der Waals surface area contributed by atoms with Crippen LogP contribution < -0.4 is 20.9 Å². The summed E-state index contributed by atoms with van der Waals surface area (Å²) >= 11 is 1.96. The topological polar surface area (TPSA) is 97.6 Å². The van der Waals surface area contributed by atoms with Crippen molar-refractivity contribution in [3.8, 4) is 28.8 Å². The second-order valence-electron chi connectivity index (χ2n) is 12.8. The van der Waals surface area contributed by atoms with Gasteiger partial charge in [0.25, 0.3) is 0 Å². The van der Waals surface area contributed by atoms with Crippen LogP contribution in [0.15, 0.2) is 39.6 Å². The molecule has 0 aliphatic rings. The number of ether oxygens (including phenoxy) is 1. The molecule has 0 aliphatic heterocycles. The summed E-state index contributed by atoms with van der Waals surface area (Å²) in [5, 5.41) is 10.6. The second kappa shape index (κ2) is 28.9. The Kier molecular flexibility index (Phi) is 25.0. The number of amides is 2. The van der Waals surface area contributed by atoms with Crippen molar-refractivity contribution in [3.05, 3.63) is 41.9 Å². The van der Waals surface area contributed by atoms with Gasteiger partial charge < -0.3 is 15.4 Å². The predicted octanol–water partition coefficient (Wildman–Crippen LogP) is 9.26. The van der Waals surface area contributed by atoms with Crippen LogP contribution in [-0.2, 0) is 16.1 Å². The third-order valence-corrected chi connectivity index (χ3v) is 9.13. The maximum Gasteiger partial charge on any atom is 0.220 e. The van der Waals surface area contributed by atoms with Crippen molar-refractivity contribution in [1.82, 2.24) is 20.4 Å². The summed E-state index contributed by atoms with van der Waals surface area (Å²) in [6, 6.07) is 11.6. The molecule has 0 bridgehead atoms. The molecular weight excluding hydrogens is 725 g/mol. The fourth-order valence-electron chi connectivity index (χ4n) is 5.66. The first-order valence-electron chi connectivity index (χ1n) is 18.9. The van der Waals surface area contributed by atoms with Gasteiger partial charge in [0.2, 0.25) is 11.8 Å². The largest absolute Gasteiger partial charge is 0.497 e. The summed E-state index contributed by atoms with van der Waals surface area (Å²) < 4.78 is 11.4. The van der Waals surface area contributed by atoms with Crippen LogP contribution in [-0.4, -0.2) is 41.8 Å². The molecule has 0 radical (unpaired) electrons. The smallest absolute Gasteiger partial charge is 0.220 e. The van der Waals surface area contributed by atoms with Crippen molar-refractivity contribution in [3.63, 3.8) is 0 Å². The third kappa shape index (κ3) is 21.1. The van der Waals surface area contributed by atoms with E-state index in [-0.39, 0.29) is 11.8 Å². The maximum atomic E-state index is 12.4. The number of carbonyl (C=O) groups excluding carboxylic acids is 2. The van der Waals surface area contributed by atoms with Crippen molar-refractivity contribution >= 4 is 34.7 Å². The number of nitrogens with zero attached hydrogens (tertiary/aromatic N) is 3. The van der Waals surface area contributed by atoms with Crippen molar-refractivity contribution in [2.45, 2.75) is 148 Å². The summed E-state index contributed by atoms with van der Waals surface area (Å²) in [7, 11) is 1.64. The van der Waals surface area contributed by atoms with E-state index >= 15 is 0 Å². The minimum Gasteiger partial charge on any atom is -0.497 e. The van der Waals surface area contributed by atoms with Crippen LogP contribution in [0.25, 0.3) is 11.3 Å². The number of carbonyl (C=O) groups is 2. The van der Waals surface area contributed by atoms with E-state index in [4.69, 9.17) is 9.84 Å². The van der Waals surface area contributed by atoms with Gasteiger partial charge in [0.15, 0.2) is 5.49 Å². The van der Waals surface area contributed by atoms with E-state index in [0.29, 0.717) is 38.9 Å². The number of unbranched alkanes of at least 4 members (excludes halogenated alkanes) is 16. The van der Waals surface area contributed by atoms with Gasteiger partial charge in [-0.05, 0) is 62.1 Å². The van der Waals surface area contributed by atoms with Crippen molar-refractivity contribution in [1.29, 1.82) is 0 Å². The van der Waals surface area contributed by atoms with Gasteiger partial charge >= 0.3 is 0 Å². The third-order valence-electron chi connectivity index (χ3n) is 8.63. The van der Waals surface area contributed by atoms with Crippen LogP contribution in [0.5, 0.6) is 5.75 Å². The number of hydrogen-bond acceptors (Lipinski definition) is 5. The molecule has 1 heterocycles. The zero-order valence-electron chi connectivity index (χ0n) is 30.4. The van der Waals surface area contributed by atoms with Gasteiger partial charge in [-0.1, -0.05) is 90.4 Å². The van der Waals surface area contributed by atoms with Crippen molar-refractivity contribution in [2.24, 2.45) is 3.21 Å². The molecule has 2 amide bonds. The number of aryl methyl sites for hydroxylation is 1. The Morgan fingerprint density at radius 1 is 0.714 bits per heavy atom. The molecule has 49 heavy (non-hydrogen) atoms. The molecule has 0 fully saturated rings. The first-order chi connectivity index (χ1) is 24.1. The van der Waals surface area contributed by atoms with E-state index in [2.05, 4.69) is 32.6 Å². The standard InChI is InChI=1S/C40H62IN5O3/c1-3-4-5-6-7-8-9-10-11-12-13-14-15-16-17-18-19-20-21-22-24-39(47)42-32-33-43-40(48)25-23-34-46-38(44-41)31-30-37(45-46)35-26-28-36(49-2)29-27-35/h26-31H,3-13,16-25,32-34H2,1-2H3,(H,42,47)(H,43,48). The summed E-state index contributed by atoms with van der Waals surface area (Å²) in [6.07, 6.45) is 24.1. The summed E-state index contributed by atoms with van der Waals surface area (Å²) in [4.78, 5) is 24.5. The zero-order chi connectivity index (χ0) is 35.2. The molecule has 8 nitrogen and oxygen atoms in total. The van der Waals surface area contributed by atoms with E-state index in [1.807, 2.05) is 63.9 Å². The molecule has 1 aromatic carbocycles. The summed E-state index contributed by atoms with van der Waals surface area (Å²) in [5.74, 6) is 7.54. The average molecular weight is 788 g/mol. The molecule has 0 aliphatic carbocycles. The number of benzene rings is 1. The van der Waals surface area contributed by atoms with Gasteiger partial charge in [-0.25, -0.2) is 4.68 Å². The van der Waals surface area contributed by atoms with E-state index in [1.165, 1.54) is 89.9 Å². The number of hydrogen-bond donors (Lipinski definition) is 2. The van der Waals surface area contributed by atoms with E-state index < -0.39 is 0 Å². The summed E-state index contributed by atoms with van der Waals surface area (Å²) in [5.41, 5.74) is 2.56. The molecule has 1 aromatic heterocycles. The van der Waals surface area contributed by atoms with Crippen LogP contribution in [0.2, 0.25) is 0 Å². The van der Waals surface area contributed by atoms with E-state index in [9.17, 15) is 9.59 Å². The van der Waals surface area contributed by atoms with Crippen molar-refractivity contribution in [2.75, 3.05) is 20.2 Å². The van der Waals surface area contributed by atoms with Crippen LogP contribution in [0, 0.1) is 11.8 Å². The highest BCUT2D eigenvalue weighted by Crippen LogP contribution is 2.19.